The molecule has 8 heteroatoms. The van der Waals surface area contributed by atoms with Crippen LogP contribution in [0.3, 0.4) is 0 Å². The Morgan fingerprint density at radius 2 is 2.20 bits per heavy atom. The number of carbonyl (C=O) groups is 1. The molecule has 5 nitrogen and oxygen atoms in total. The molecule has 0 fully saturated rings. The number of nitrogens with zero attached hydrogens (tertiary/aromatic N) is 1. The van der Waals surface area contributed by atoms with E-state index in [0.717, 1.165) is 0 Å². The van der Waals surface area contributed by atoms with Crippen molar-refractivity contribution in [3.8, 4) is 5.88 Å². The van der Waals surface area contributed by atoms with Crippen molar-refractivity contribution in [1.29, 1.82) is 0 Å². The van der Waals surface area contributed by atoms with Crippen LogP contribution in [-0.4, -0.2) is 43.9 Å². The van der Waals surface area contributed by atoms with E-state index in [1.165, 1.54) is 25.4 Å². The molecule has 112 valence electrons. The van der Waals surface area contributed by atoms with Crippen molar-refractivity contribution in [1.82, 2.24) is 10.3 Å². The third-order valence-corrected chi connectivity index (χ3v) is 2.20. The second-order valence-electron chi connectivity index (χ2n) is 3.86. The zero-order chi connectivity index (χ0) is 15.0. The average Bonchev–Trinajstić information content (AvgIpc) is 2.40. The second-order valence-corrected chi connectivity index (χ2v) is 3.86. The normalized spacial score (nSPS) is 11.2. The fourth-order valence-electron chi connectivity index (χ4n) is 1.34. The van der Waals surface area contributed by atoms with Gasteiger partial charge in [-0.05, 0) is 18.6 Å². The maximum Gasteiger partial charge on any atom is 0.422 e. The van der Waals surface area contributed by atoms with Crippen molar-refractivity contribution >= 4 is 5.91 Å². The fraction of sp³-hybridized carbons (Fsp3) is 0.500. The third kappa shape index (κ3) is 5.87. The van der Waals surface area contributed by atoms with E-state index in [1.54, 1.807) is 0 Å². The molecule has 20 heavy (non-hydrogen) atoms. The largest absolute Gasteiger partial charge is 0.467 e. The minimum Gasteiger partial charge on any atom is -0.467 e. The van der Waals surface area contributed by atoms with E-state index in [0.29, 0.717) is 19.6 Å². The van der Waals surface area contributed by atoms with Gasteiger partial charge in [-0.3, -0.25) is 4.79 Å². The van der Waals surface area contributed by atoms with Gasteiger partial charge in [-0.15, -0.1) is 0 Å². The number of pyridine rings is 1. The lowest BCUT2D eigenvalue weighted by Crippen LogP contribution is -2.27. The number of methoxy groups -OCH3 is 1. The van der Waals surface area contributed by atoms with Gasteiger partial charge in [0.05, 0.1) is 0 Å². The van der Waals surface area contributed by atoms with Crippen molar-refractivity contribution in [3.63, 3.8) is 0 Å². The molecule has 1 N–H and O–H groups in total. The maximum atomic E-state index is 12.1. The Morgan fingerprint density at radius 3 is 2.85 bits per heavy atom. The number of rotatable bonds is 7. The van der Waals surface area contributed by atoms with E-state index < -0.39 is 18.7 Å². The first-order chi connectivity index (χ1) is 9.44. The first kappa shape index (κ1) is 16.2. The van der Waals surface area contributed by atoms with Crippen LogP contribution in [0.2, 0.25) is 0 Å². The summed E-state index contributed by atoms with van der Waals surface area (Å²) in [5, 5.41) is 2.55. The number of aromatic nitrogens is 1. The van der Waals surface area contributed by atoms with Gasteiger partial charge < -0.3 is 14.8 Å². The van der Waals surface area contributed by atoms with Crippen LogP contribution in [0.15, 0.2) is 18.3 Å². The van der Waals surface area contributed by atoms with Gasteiger partial charge in [-0.2, -0.15) is 13.2 Å². The van der Waals surface area contributed by atoms with Crippen LogP contribution >= 0.6 is 0 Å². The number of halogens is 3. The Kier molecular flexibility index (Phi) is 6.23. The summed E-state index contributed by atoms with van der Waals surface area (Å²) in [4.78, 5) is 15.4. The molecule has 0 saturated carbocycles. The zero-order valence-corrected chi connectivity index (χ0v) is 10.9. The van der Waals surface area contributed by atoms with E-state index in [1.807, 2.05) is 0 Å². The zero-order valence-electron chi connectivity index (χ0n) is 10.9. The minimum absolute atomic E-state index is 0.0332. The summed E-state index contributed by atoms with van der Waals surface area (Å²) in [6.45, 7) is -0.668. The molecule has 0 aliphatic rings. The van der Waals surface area contributed by atoms with Crippen LogP contribution in [-0.2, 0) is 4.74 Å². The lowest BCUT2D eigenvalue weighted by Gasteiger charge is -2.11. The van der Waals surface area contributed by atoms with Crippen molar-refractivity contribution in [2.75, 3.05) is 26.9 Å². The lowest BCUT2D eigenvalue weighted by atomic mass is 10.2. The van der Waals surface area contributed by atoms with Gasteiger partial charge in [-0.25, -0.2) is 4.98 Å². The minimum atomic E-state index is -4.48. The molecule has 0 bridgehead atoms. The van der Waals surface area contributed by atoms with Crippen molar-refractivity contribution in [2.45, 2.75) is 12.6 Å². The van der Waals surface area contributed by atoms with Crippen LogP contribution in [0.25, 0.3) is 0 Å². The van der Waals surface area contributed by atoms with E-state index >= 15 is 0 Å². The molecule has 1 amide bonds. The first-order valence-electron chi connectivity index (χ1n) is 5.86. The molecule has 0 aromatic carbocycles. The predicted octanol–water partition coefficient (Wildman–Crippen LogP) is 1.79. The highest BCUT2D eigenvalue weighted by Crippen LogP contribution is 2.19. The van der Waals surface area contributed by atoms with Crippen molar-refractivity contribution < 1.29 is 27.4 Å². The smallest absolute Gasteiger partial charge is 0.422 e. The maximum absolute atomic E-state index is 12.1. The Balaban J connectivity index is 2.62. The van der Waals surface area contributed by atoms with Crippen LogP contribution < -0.4 is 10.1 Å². The summed E-state index contributed by atoms with van der Waals surface area (Å²) < 4.78 is 45.6. The van der Waals surface area contributed by atoms with Crippen molar-refractivity contribution in [3.05, 3.63) is 23.9 Å². The van der Waals surface area contributed by atoms with Crippen LogP contribution in [0.4, 0.5) is 13.2 Å². The third-order valence-electron chi connectivity index (χ3n) is 2.20. The highest BCUT2D eigenvalue weighted by molar-refractivity contribution is 5.96. The molecule has 1 heterocycles. The van der Waals surface area contributed by atoms with Crippen LogP contribution in [0, 0.1) is 0 Å². The molecule has 0 aliphatic carbocycles. The van der Waals surface area contributed by atoms with Gasteiger partial charge in [0.2, 0.25) is 5.88 Å². The lowest BCUT2D eigenvalue weighted by molar-refractivity contribution is -0.154. The molecule has 1 rings (SSSR count). The summed E-state index contributed by atoms with van der Waals surface area (Å²) in [5.74, 6) is -0.875. The number of amides is 1. The summed E-state index contributed by atoms with van der Waals surface area (Å²) >= 11 is 0. The quantitative estimate of drug-likeness (QED) is 0.778. The van der Waals surface area contributed by atoms with Crippen molar-refractivity contribution in [2.24, 2.45) is 0 Å². The molecule has 0 atom stereocenters. The Morgan fingerprint density at radius 1 is 1.45 bits per heavy atom. The molecule has 0 radical (unpaired) electrons. The molecule has 1 aromatic rings. The first-order valence-corrected chi connectivity index (χ1v) is 5.86. The van der Waals surface area contributed by atoms with Gasteiger partial charge >= 0.3 is 6.18 Å². The summed E-state index contributed by atoms with van der Waals surface area (Å²) in [6, 6.07) is 2.80. The number of hydrogen-bond acceptors (Lipinski definition) is 4. The fourth-order valence-corrected chi connectivity index (χ4v) is 1.34. The average molecular weight is 292 g/mol. The molecule has 1 aromatic heterocycles. The summed E-state index contributed by atoms with van der Waals surface area (Å²) in [7, 11) is 1.53. The van der Waals surface area contributed by atoms with Gasteiger partial charge in [0.15, 0.2) is 6.61 Å². The summed E-state index contributed by atoms with van der Waals surface area (Å²) in [6.07, 6.45) is -2.63. The van der Waals surface area contributed by atoms with E-state index in [2.05, 4.69) is 15.0 Å². The summed E-state index contributed by atoms with van der Waals surface area (Å²) in [5.41, 5.74) is -0.0332. The van der Waals surface area contributed by atoms with E-state index in [4.69, 9.17) is 4.74 Å². The Bertz CT molecular complexity index is 438. The highest BCUT2D eigenvalue weighted by Gasteiger charge is 2.29. The van der Waals surface area contributed by atoms with Gasteiger partial charge in [-0.1, -0.05) is 0 Å². The molecular formula is C12H15F3N2O3. The highest BCUT2D eigenvalue weighted by atomic mass is 19.4. The van der Waals surface area contributed by atoms with E-state index in [9.17, 15) is 18.0 Å². The molecular weight excluding hydrogens is 277 g/mol. The number of hydrogen-bond donors (Lipinski definition) is 1. The Hall–Kier alpha value is -1.83. The Labute approximate surface area is 114 Å². The van der Waals surface area contributed by atoms with Gasteiger partial charge in [0.25, 0.3) is 5.91 Å². The molecule has 0 unspecified atom stereocenters. The van der Waals surface area contributed by atoms with Gasteiger partial charge in [0, 0.05) is 26.5 Å². The topological polar surface area (TPSA) is 60.5 Å². The molecule has 0 spiro atoms. The predicted molar refractivity (Wildman–Crippen MR) is 64.6 cm³/mol. The molecule has 0 saturated heterocycles. The van der Waals surface area contributed by atoms with Gasteiger partial charge in [0.1, 0.15) is 5.56 Å². The number of nitrogens with one attached hydrogen (secondary N) is 1. The number of ether oxygens (including phenoxy) is 2. The monoisotopic (exact) mass is 292 g/mol. The second kappa shape index (κ2) is 7.68. The standard InChI is InChI=1S/C12H15F3N2O3/c1-19-7-3-6-16-10(18)9-4-2-5-17-11(9)20-8-12(13,14)15/h2,4-5H,3,6-8H2,1H3,(H,16,18). The molecule has 0 aliphatic heterocycles. The number of carbonyl (C=O) groups excluding carboxylic acids is 1. The number of alkyl halides is 3. The SMILES string of the molecule is COCCCNC(=O)c1cccnc1OCC(F)(F)F. The van der Waals surface area contributed by atoms with Crippen LogP contribution in [0.5, 0.6) is 5.88 Å². The van der Waals surface area contributed by atoms with E-state index in [-0.39, 0.29) is 11.4 Å². The van der Waals surface area contributed by atoms with Crippen LogP contribution in [0.1, 0.15) is 16.8 Å².